The monoisotopic (exact) mass is 258 g/mol. The van der Waals surface area contributed by atoms with Crippen LogP contribution in [-0.4, -0.2) is 68.2 Å². The van der Waals surface area contributed by atoms with E-state index in [-0.39, 0.29) is 0 Å². The van der Waals surface area contributed by atoms with Crippen molar-refractivity contribution in [2.24, 2.45) is 0 Å². The lowest BCUT2D eigenvalue weighted by Gasteiger charge is -2.46. The number of hydrogen-bond donors (Lipinski definition) is 1. The molecule has 1 atom stereocenters. The molecule has 2 aliphatic heterocycles. The number of nitriles is 1. The van der Waals surface area contributed by atoms with E-state index < -0.39 is 15.3 Å². The zero-order valence-electron chi connectivity index (χ0n) is 9.96. The van der Waals surface area contributed by atoms with Crippen molar-refractivity contribution in [1.82, 2.24) is 14.5 Å². The molecule has 0 aromatic carbocycles. The highest BCUT2D eigenvalue weighted by atomic mass is 32.2. The first-order valence-corrected chi connectivity index (χ1v) is 7.39. The van der Waals surface area contributed by atoms with Gasteiger partial charge in [0.05, 0.1) is 6.07 Å². The number of sulfonamides is 1. The van der Waals surface area contributed by atoms with E-state index in [1.807, 2.05) is 0 Å². The van der Waals surface area contributed by atoms with E-state index in [0.717, 1.165) is 26.2 Å². The van der Waals surface area contributed by atoms with E-state index in [4.69, 9.17) is 5.26 Å². The molecule has 1 unspecified atom stereocenters. The third-order valence-electron chi connectivity index (χ3n) is 3.49. The Kier molecular flexibility index (Phi) is 3.68. The van der Waals surface area contributed by atoms with Crippen LogP contribution in [0.5, 0.6) is 0 Å². The van der Waals surface area contributed by atoms with Crippen LogP contribution < -0.4 is 5.32 Å². The van der Waals surface area contributed by atoms with E-state index in [9.17, 15) is 8.42 Å². The third kappa shape index (κ3) is 2.45. The number of nitrogens with one attached hydrogen (secondary N) is 1. The molecule has 6 nitrogen and oxygen atoms in total. The van der Waals surface area contributed by atoms with Crippen molar-refractivity contribution in [2.75, 3.05) is 39.3 Å². The Balaban J connectivity index is 1.88. The fourth-order valence-corrected chi connectivity index (χ4v) is 3.53. The van der Waals surface area contributed by atoms with Crippen molar-refractivity contribution in [2.45, 2.75) is 18.2 Å². The smallest absolute Gasteiger partial charge is 0.230 e. The molecule has 0 aromatic rings. The first kappa shape index (κ1) is 12.8. The molecular formula is C10H18N4O2S. The molecule has 0 spiro atoms. The molecule has 0 amide bonds. The minimum Gasteiger partial charge on any atom is -0.314 e. The van der Waals surface area contributed by atoms with Gasteiger partial charge in [-0.25, -0.2) is 8.42 Å². The molecule has 0 radical (unpaired) electrons. The van der Waals surface area contributed by atoms with Crippen LogP contribution in [-0.2, 0) is 10.0 Å². The topological polar surface area (TPSA) is 76.4 Å². The van der Waals surface area contributed by atoms with Gasteiger partial charge in [-0.3, -0.25) is 4.90 Å². The van der Waals surface area contributed by atoms with E-state index in [1.54, 1.807) is 6.07 Å². The molecule has 96 valence electrons. The molecule has 2 saturated heterocycles. The molecule has 1 N–H and O–H groups in total. The van der Waals surface area contributed by atoms with Crippen molar-refractivity contribution >= 4 is 10.0 Å². The maximum Gasteiger partial charge on any atom is 0.230 e. The van der Waals surface area contributed by atoms with Crippen molar-refractivity contribution in [3.8, 4) is 6.07 Å². The van der Waals surface area contributed by atoms with E-state index in [1.165, 1.54) is 11.2 Å². The van der Waals surface area contributed by atoms with Crippen molar-refractivity contribution in [1.29, 1.82) is 5.26 Å². The van der Waals surface area contributed by atoms with Gasteiger partial charge >= 0.3 is 0 Å². The van der Waals surface area contributed by atoms with Crippen LogP contribution in [0.1, 0.15) is 6.92 Å². The number of hydrogen-bond acceptors (Lipinski definition) is 5. The fraction of sp³-hybridized carbons (Fsp3) is 0.900. The highest BCUT2D eigenvalue weighted by Gasteiger charge is 2.41. The summed E-state index contributed by atoms with van der Waals surface area (Å²) in [5.41, 5.74) is 0. The zero-order chi connectivity index (χ0) is 12.5. The lowest BCUT2D eigenvalue weighted by atomic mass is 10.1. The summed E-state index contributed by atoms with van der Waals surface area (Å²) in [5, 5.41) is 11.0. The molecule has 2 aliphatic rings. The van der Waals surface area contributed by atoms with Crippen LogP contribution in [0.25, 0.3) is 0 Å². The summed E-state index contributed by atoms with van der Waals surface area (Å²) in [7, 11) is -3.39. The van der Waals surface area contributed by atoms with Crippen LogP contribution in [0.15, 0.2) is 0 Å². The second-order valence-electron chi connectivity index (χ2n) is 4.57. The molecule has 2 heterocycles. The van der Waals surface area contributed by atoms with Gasteiger partial charge in [-0.1, -0.05) is 0 Å². The van der Waals surface area contributed by atoms with Crippen LogP contribution in [0, 0.1) is 11.3 Å². The SMILES string of the molecule is CC(C#N)S(=O)(=O)N1CC(N2CCNCC2)C1. The highest BCUT2D eigenvalue weighted by molar-refractivity contribution is 7.90. The van der Waals surface area contributed by atoms with Gasteiger partial charge in [-0.05, 0) is 6.92 Å². The van der Waals surface area contributed by atoms with E-state index in [2.05, 4.69) is 10.2 Å². The quantitative estimate of drug-likeness (QED) is 0.689. The molecule has 2 fully saturated rings. The molecule has 2 rings (SSSR count). The third-order valence-corrected chi connectivity index (χ3v) is 5.50. The Morgan fingerprint density at radius 2 is 1.94 bits per heavy atom. The van der Waals surface area contributed by atoms with Gasteiger partial charge in [0.15, 0.2) is 5.25 Å². The average molecular weight is 258 g/mol. The average Bonchev–Trinajstić information content (AvgIpc) is 2.27. The van der Waals surface area contributed by atoms with Crippen LogP contribution in [0.3, 0.4) is 0 Å². The zero-order valence-corrected chi connectivity index (χ0v) is 10.8. The Labute approximate surface area is 102 Å². The summed E-state index contributed by atoms with van der Waals surface area (Å²) < 4.78 is 25.1. The second kappa shape index (κ2) is 4.90. The number of nitrogens with zero attached hydrogens (tertiary/aromatic N) is 3. The summed E-state index contributed by atoms with van der Waals surface area (Å²) in [4.78, 5) is 2.32. The number of rotatable bonds is 3. The Morgan fingerprint density at radius 3 is 2.47 bits per heavy atom. The lowest BCUT2D eigenvalue weighted by molar-refractivity contribution is 0.0771. The van der Waals surface area contributed by atoms with Crippen molar-refractivity contribution in [3.63, 3.8) is 0 Å². The molecular weight excluding hydrogens is 240 g/mol. The van der Waals surface area contributed by atoms with Crippen LogP contribution >= 0.6 is 0 Å². The van der Waals surface area contributed by atoms with Gasteiger partial charge in [-0.2, -0.15) is 9.57 Å². The largest absolute Gasteiger partial charge is 0.314 e. The van der Waals surface area contributed by atoms with E-state index >= 15 is 0 Å². The van der Waals surface area contributed by atoms with Crippen molar-refractivity contribution in [3.05, 3.63) is 0 Å². The minimum absolute atomic E-state index is 0.331. The molecule has 0 saturated carbocycles. The van der Waals surface area contributed by atoms with Gasteiger partial charge in [0, 0.05) is 45.3 Å². The summed E-state index contributed by atoms with van der Waals surface area (Å²) in [6.45, 7) is 6.41. The first-order chi connectivity index (χ1) is 8.05. The Hall–Kier alpha value is -0.680. The first-order valence-electron chi connectivity index (χ1n) is 5.89. The van der Waals surface area contributed by atoms with Crippen LogP contribution in [0.4, 0.5) is 0 Å². The summed E-state index contributed by atoms with van der Waals surface area (Å²) >= 11 is 0. The standard InChI is InChI=1S/C10H18N4O2S/c1-9(6-11)17(15,16)14-7-10(8-14)13-4-2-12-3-5-13/h9-10,12H,2-5,7-8H2,1H3. The van der Waals surface area contributed by atoms with Gasteiger partial charge in [0.25, 0.3) is 0 Å². The van der Waals surface area contributed by atoms with Gasteiger partial charge in [0.2, 0.25) is 10.0 Å². The predicted molar refractivity (Wildman–Crippen MR) is 63.8 cm³/mol. The van der Waals surface area contributed by atoms with Gasteiger partial charge < -0.3 is 5.32 Å². The molecule has 17 heavy (non-hydrogen) atoms. The van der Waals surface area contributed by atoms with E-state index in [0.29, 0.717) is 19.1 Å². The fourth-order valence-electron chi connectivity index (χ4n) is 2.19. The summed E-state index contributed by atoms with van der Waals surface area (Å²) in [5.74, 6) is 0. The lowest BCUT2D eigenvalue weighted by Crippen LogP contribution is -2.64. The van der Waals surface area contributed by atoms with Crippen LogP contribution in [0.2, 0.25) is 0 Å². The molecule has 0 bridgehead atoms. The normalized spacial score (nSPS) is 26.1. The molecule has 0 aromatic heterocycles. The number of piperazine rings is 1. The van der Waals surface area contributed by atoms with Gasteiger partial charge in [0.1, 0.15) is 0 Å². The maximum atomic E-state index is 11.8. The molecule has 0 aliphatic carbocycles. The predicted octanol–water partition coefficient (Wildman–Crippen LogP) is -1.18. The Morgan fingerprint density at radius 1 is 1.35 bits per heavy atom. The second-order valence-corrected chi connectivity index (χ2v) is 6.83. The van der Waals surface area contributed by atoms with Gasteiger partial charge in [-0.15, -0.1) is 0 Å². The summed E-state index contributed by atoms with van der Waals surface area (Å²) in [6, 6.07) is 2.13. The minimum atomic E-state index is -3.39. The van der Waals surface area contributed by atoms with Crippen molar-refractivity contribution < 1.29 is 8.42 Å². The molecule has 7 heteroatoms. The summed E-state index contributed by atoms with van der Waals surface area (Å²) in [6.07, 6.45) is 0. The maximum absolute atomic E-state index is 11.8. The Bertz CT molecular complexity index is 405. The highest BCUT2D eigenvalue weighted by Crippen LogP contribution is 2.21.